The van der Waals surface area contributed by atoms with E-state index in [9.17, 15) is 0 Å². The third-order valence-electron chi connectivity index (χ3n) is 3.25. The van der Waals surface area contributed by atoms with Gasteiger partial charge in [-0.1, -0.05) is 46.0 Å². The highest BCUT2D eigenvalue weighted by atomic mass is 16.5. The molecule has 0 aliphatic carbocycles. The first-order valence-electron chi connectivity index (χ1n) is 7.45. The molecule has 0 rings (SSSR count). The van der Waals surface area contributed by atoms with Gasteiger partial charge in [-0.15, -0.1) is 0 Å². The van der Waals surface area contributed by atoms with E-state index in [1.165, 1.54) is 38.5 Å². The van der Waals surface area contributed by atoms with Gasteiger partial charge in [-0.05, 0) is 25.7 Å². The van der Waals surface area contributed by atoms with Crippen LogP contribution in [0.15, 0.2) is 0 Å². The van der Waals surface area contributed by atoms with Crippen LogP contribution in [-0.2, 0) is 9.47 Å². The molecular weight excluding hydrogens is 212 g/mol. The lowest BCUT2D eigenvalue weighted by atomic mass is 10.1. The molecule has 0 aromatic rings. The number of unbranched alkanes of at least 4 members (excludes halogenated alkanes) is 5. The zero-order valence-corrected chi connectivity index (χ0v) is 12.2. The lowest BCUT2D eigenvalue weighted by Crippen LogP contribution is -2.10. The molecule has 0 aliphatic rings. The predicted molar refractivity (Wildman–Crippen MR) is 74.5 cm³/mol. The minimum atomic E-state index is 0.424. The van der Waals surface area contributed by atoms with Crippen molar-refractivity contribution in [2.24, 2.45) is 0 Å². The molecular formula is C15H32O2. The second-order valence-electron chi connectivity index (χ2n) is 4.79. The van der Waals surface area contributed by atoms with Crippen molar-refractivity contribution >= 4 is 0 Å². The Balaban J connectivity index is 3.03. The van der Waals surface area contributed by atoms with E-state index >= 15 is 0 Å². The standard InChI is InChI=1S/C15H32O2/c1-4-6-7-8-9-10-13-17-14-11-12-15(5-2)16-3/h15H,4-14H2,1-3H3. The van der Waals surface area contributed by atoms with E-state index in [0.29, 0.717) is 6.10 Å². The van der Waals surface area contributed by atoms with Crippen molar-refractivity contribution in [2.45, 2.75) is 77.7 Å². The van der Waals surface area contributed by atoms with Crippen LogP contribution in [-0.4, -0.2) is 26.4 Å². The van der Waals surface area contributed by atoms with Crippen molar-refractivity contribution in [3.05, 3.63) is 0 Å². The van der Waals surface area contributed by atoms with Crippen LogP contribution in [0.25, 0.3) is 0 Å². The van der Waals surface area contributed by atoms with Gasteiger partial charge in [0.05, 0.1) is 6.10 Å². The summed E-state index contributed by atoms with van der Waals surface area (Å²) < 4.78 is 11.0. The van der Waals surface area contributed by atoms with Gasteiger partial charge >= 0.3 is 0 Å². The monoisotopic (exact) mass is 244 g/mol. The fourth-order valence-corrected chi connectivity index (χ4v) is 1.99. The Bertz CT molecular complexity index is 133. The number of hydrogen-bond donors (Lipinski definition) is 0. The van der Waals surface area contributed by atoms with Crippen LogP contribution >= 0.6 is 0 Å². The first-order valence-corrected chi connectivity index (χ1v) is 7.45. The molecule has 0 amide bonds. The fourth-order valence-electron chi connectivity index (χ4n) is 1.99. The highest BCUT2D eigenvalue weighted by molar-refractivity contribution is 4.54. The van der Waals surface area contributed by atoms with Gasteiger partial charge in [-0.2, -0.15) is 0 Å². The van der Waals surface area contributed by atoms with Crippen LogP contribution in [0.4, 0.5) is 0 Å². The molecule has 0 N–H and O–H groups in total. The third-order valence-corrected chi connectivity index (χ3v) is 3.25. The van der Waals surface area contributed by atoms with Crippen molar-refractivity contribution in [3.8, 4) is 0 Å². The topological polar surface area (TPSA) is 18.5 Å². The molecule has 2 nitrogen and oxygen atoms in total. The van der Waals surface area contributed by atoms with Crippen LogP contribution in [0.3, 0.4) is 0 Å². The maximum Gasteiger partial charge on any atom is 0.0569 e. The first-order chi connectivity index (χ1) is 8.35. The molecule has 0 aromatic carbocycles. The van der Waals surface area contributed by atoms with E-state index in [2.05, 4.69) is 13.8 Å². The average molecular weight is 244 g/mol. The van der Waals surface area contributed by atoms with Gasteiger partial charge < -0.3 is 9.47 Å². The zero-order valence-electron chi connectivity index (χ0n) is 12.2. The maximum atomic E-state index is 5.62. The summed E-state index contributed by atoms with van der Waals surface area (Å²) in [5, 5.41) is 0. The molecule has 0 spiro atoms. The Kier molecular flexibility index (Phi) is 13.9. The summed E-state index contributed by atoms with van der Waals surface area (Å²) >= 11 is 0. The summed E-state index contributed by atoms with van der Waals surface area (Å²) in [5.74, 6) is 0. The first kappa shape index (κ1) is 16.9. The van der Waals surface area contributed by atoms with Crippen LogP contribution in [0.5, 0.6) is 0 Å². The van der Waals surface area contributed by atoms with Gasteiger partial charge in [0.25, 0.3) is 0 Å². The highest BCUT2D eigenvalue weighted by Gasteiger charge is 2.02. The Morgan fingerprint density at radius 3 is 2.12 bits per heavy atom. The fraction of sp³-hybridized carbons (Fsp3) is 1.00. The van der Waals surface area contributed by atoms with Gasteiger partial charge in [0.15, 0.2) is 0 Å². The molecule has 0 aliphatic heterocycles. The molecule has 17 heavy (non-hydrogen) atoms. The van der Waals surface area contributed by atoms with Crippen molar-refractivity contribution in [2.75, 3.05) is 20.3 Å². The Labute approximate surface area is 108 Å². The Morgan fingerprint density at radius 1 is 0.824 bits per heavy atom. The lowest BCUT2D eigenvalue weighted by Gasteiger charge is -2.12. The summed E-state index contributed by atoms with van der Waals surface area (Å²) in [6, 6.07) is 0. The zero-order chi connectivity index (χ0) is 12.8. The van der Waals surface area contributed by atoms with Crippen LogP contribution in [0.1, 0.15) is 71.6 Å². The highest BCUT2D eigenvalue weighted by Crippen LogP contribution is 2.07. The van der Waals surface area contributed by atoms with Crippen LogP contribution in [0, 0.1) is 0 Å². The van der Waals surface area contributed by atoms with Crippen molar-refractivity contribution < 1.29 is 9.47 Å². The number of ether oxygens (including phenoxy) is 2. The van der Waals surface area contributed by atoms with Gasteiger partial charge in [0, 0.05) is 20.3 Å². The summed E-state index contributed by atoms with van der Waals surface area (Å²) in [7, 11) is 1.80. The minimum absolute atomic E-state index is 0.424. The van der Waals surface area contributed by atoms with Gasteiger partial charge in [0.2, 0.25) is 0 Å². The van der Waals surface area contributed by atoms with Crippen molar-refractivity contribution in [3.63, 3.8) is 0 Å². The molecule has 0 heterocycles. The summed E-state index contributed by atoms with van der Waals surface area (Å²) in [6.45, 7) is 6.27. The molecule has 0 radical (unpaired) electrons. The lowest BCUT2D eigenvalue weighted by molar-refractivity contribution is 0.0716. The Hall–Kier alpha value is -0.0800. The number of hydrogen-bond acceptors (Lipinski definition) is 2. The molecule has 104 valence electrons. The maximum absolute atomic E-state index is 5.62. The van der Waals surface area contributed by atoms with Crippen LogP contribution in [0.2, 0.25) is 0 Å². The van der Waals surface area contributed by atoms with E-state index in [1.807, 2.05) is 0 Å². The van der Waals surface area contributed by atoms with E-state index in [0.717, 1.165) is 32.5 Å². The van der Waals surface area contributed by atoms with E-state index < -0.39 is 0 Å². The van der Waals surface area contributed by atoms with Gasteiger partial charge in [-0.25, -0.2) is 0 Å². The second kappa shape index (κ2) is 14.0. The smallest absolute Gasteiger partial charge is 0.0569 e. The molecule has 0 saturated heterocycles. The Morgan fingerprint density at radius 2 is 1.47 bits per heavy atom. The largest absolute Gasteiger partial charge is 0.381 e. The molecule has 0 bridgehead atoms. The van der Waals surface area contributed by atoms with Crippen molar-refractivity contribution in [1.82, 2.24) is 0 Å². The van der Waals surface area contributed by atoms with E-state index in [4.69, 9.17) is 9.47 Å². The quantitative estimate of drug-likeness (QED) is 0.442. The molecule has 2 heteroatoms. The third kappa shape index (κ3) is 12.2. The van der Waals surface area contributed by atoms with Crippen LogP contribution < -0.4 is 0 Å². The molecule has 0 fully saturated rings. The van der Waals surface area contributed by atoms with Gasteiger partial charge in [0.1, 0.15) is 0 Å². The minimum Gasteiger partial charge on any atom is -0.381 e. The van der Waals surface area contributed by atoms with Crippen molar-refractivity contribution in [1.29, 1.82) is 0 Å². The average Bonchev–Trinajstić information content (AvgIpc) is 2.36. The molecule has 0 saturated carbocycles. The second-order valence-corrected chi connectivity index (χ2v) is 4.79. The summed E-state index contributed by atoms with van der Waals surface area (Å²) in [4.78, 5) is 0. The summed E-state index contributed by atoms with van der Waals surface area (Å²) in [6.07, 6.45) is 11.8. The molecule has 1 unspecified atom stereocenters. The molecule has 1 atom stereocenters. The summed E-state index contributed by atoms with van der Waals surface area (Å²) in [5.41, 5.74) is 0. The SMILES string of the molecule is CCCCCCCCOCCCC(CC)OC. The predicted octanol–water partition coefficient (Wildman–Crippen LogP) is 4.57. The normalized spacial score (nSPS) is 12.9. The number of rotatable bonds is 13. The molecule has 0 aromatic heterocycles. The number of methoxy groups -OCH3 is 1. The van der Waals surface area contributed by atoms with Gasteiger partial charge in [-0.3, -0.25) is 0 Å². The van der Waals surface area contributed by atoms with E-state index in [1.54, 1.807) is 7.11 Å². The van der Waals surface area contributed by atoms with E-state index in [-0.39, 0.29) is 0 Å².